The topological polar surface area (TPSA) is 37.3 Å². The summed E-state index contributed by atoms with van der Waals surface area (Å²) in [7, 11) is -0.846. The molecular formula is C5H12O2S. The maximum Gasteiger partial charge on any atom is 0.0652 e. The van der Waals surface area contributed by atoms with E-state index in [9.17, 15) is 4.21 Å². The molecule has 0 fully saturated rings. The molecule has 0 amide bonds. The van der Waals surface area contributed by atoms with Crippen molar-refractivity contribution in [3.63, 3.8) is 0 Å². The highest BCUT2D eigenvalue weighted by Crippen LogP contribution is 1.90. The lowest BCUT2D eigenvalue weighted by Crippen LogP contribution is -2.13. The lowest BCUT2D eigenvalue weighted by molar-refractivity contribution is 0.194. The number of rotatable bonds is 3. The quantitative estimate of drug-likeness (QED) is 0.599. The molecule has 0 rings (SSSR count). The van der Waals surface area contributed by atoms with Gasteiger partial charge in [0, 0.05) is 22.8 Å². The Kier molecular flexibility index (Phi) is 4.09. The van der Waals surface area contributed by atoms with E-state index in [-0.39, 0.29) is 6.10 Å². The van der Waals surface area contributed by atoms with Gasteiger partial charge in [-0.2, -0.15) is 0 Å². The Bertz CT molecular complexity index is 82.5. The first kappa shape index (κ1) is 8.11. The molecule has 2 nitrogen and oxygen atoms in total. The minimum Gasteiger partial charge on any atom is -0.392 e. The zero-order chi connectivity index (χ0) is 6.57. The monoisotopic (exact) mass is 136 g/mol. The average molecular weight is 136 g/mol. The molecule has 0 radical (unpaired) electrons. The normalized spacial score (nSPS) is 17.9. The van der Waals surface area contributed by atoms with Crippen molar-refractivity contribution in [1.82, 2.24) is 0 Å². The Labute approximate surface area is 52.4 Å². The third-order valence-electron chi connectivity index (χ3n) is 0.898. The van der Waals surface area contributed by atoms with E-state index >= 15 is 0 Å². The summed E-state index contributed by atoms with van der Waals surface area (Å²) in [5, 5.41) is 8.84. The first-order valence-corrected chi connectivity index (χ1v) is 4.37. The molecule has 0 aromatic carbocycles. The molecule has 1 N–H and O–H groups in total. The van der Waals surface area contributed by atoms with E-state index in [1.165, 1.54) is 0 Å². The maximum atomic E-state index is 10.4. The number of aliphatic hydroxyl groups is 1. The lowest BCUT2D eigenvalue weighted by Gasteiger charge is -2.01. The highest BCUT2D eigenvalue weighted by molar-refractivity contribution is 7.84. The molecule has 0 aromatic heterocycles. The van der Waals surface area contributed by atoms with Crippen molar-refractivity contribution >= 4 is 10.8 Å². The smallest absolute Gasteiger partial charge is 0.0652 e. The van der Waals surface area contributed by atoms with Crippen LogP contribution in [0.2, 0.25) is 0 Å². The van der Waals surface area contributed by atoms with Gasteiger partial charge in [-0.15, -0.1) is 0 Å². The van der Waals surface area contributed by atoms with Crippen molar-refractivity contribution in [3.05, 3.63) is 0 Å². The Morgan fingerprint density at radius 2 is 2.25 bits per heavy atom. The van der Waals surface area contributed by atoms with Crippen LogP contribution in [-0.2, 0) is 10.8 Å². The van der Waals surface area contributed by atoms with Crippen molar-refractivity contribution < 1.29 is 9.32 Å². The van der Waals surface area contributed by atoms with Gasteiger partial charge in [0.2, 0.25) is 0 Å². The molecule has 50 valence electrons. The molecule has 0 saturated carbocycles. The third kappa shape index (κ3) is 4.27. The second kappa shape index (κ2) is 4.04. The molecule has 0 bridgehead atoms. The van der Waals surface area contributed by atoms with Gasteiger partial charge < -0.3 is 5.11 Å². The van der Waals surface area contributed by atoms with Crippen LogP contribution in [0.4, 0.5) is 0 Å². The van der Waals surface area contributed by atoms with E-state index in [1.807, 2.05) is 6.92 Å². The second-order valence-electron chi connectivity index (χ2n) is 1.80. The lowest BCUT2D eigenvalue weighted by atomic mass is 10.3. The fraction of sp³-hybridized carbons (Fsp3) is 1.00. The molecule has 0 spiro atoms. The minimum atomic E-state index is -0.846. The van der Waals surface area contributed by atoms with Crippen LogP contribution in [0, 0.1) is 0 Å². The Hall–Kier alpha value is 0.110. The van der Waals surface area contributed by atoms with Crippen LogP contribution >= 0.6 is 0 Å². The summed E-state index contributed by atoms with van der Waals surface area (Å²) < 4.78 is 10.4. The largest absolute Gasteiger partial charge is 0.392 e. The van der Waals surface area contributed by atoms with Crippen molar-refractivity contribution in [1.29, 1.82) is 0 Å². The average Bonchev–Trinajstić information content (AvgIpc) is 1.65. The van der Waals surface area contributed by atoms with Gasteiger partial charge in [0.05, 0.1) is 6.10 Å². The fourth-order valence-electron chi connectivity index (χ4n) is 0.389. The van der Waals surface area contributed by atoms with Crippen LogP contribution in [0.25, 0.3) is 0 Å². The summed E-state index contributed by atoms with van der Waals surface area (Å²) in [4.78, 5) is 0. The highest BCUT2D eigenvalue weighted by atomic mass is 32.2. The van der Waals surface area contributed by atoms with Gasteiger partial charge in [0.1, 0.15) is 0 Å². The van der Waals surface area contributed by atoms with Crippen LogP contribution in [-0.4, -0.2) is 27.4 Å². The van der Waals surface area contributed by atoms with Gasteiger partial charge in [-0.1, -0.05) is 6.92 Å². The maximum absolute atomic E-state index is 10.4. The summed E-state index contributed by atoms with van der Waals surface area (Å²) in [6.07, 6.45) is 1.92. The molecule has 0 saturated heterocycles. The molecule has 0 aliphatic carbocycles. The molecule has 0 aliphatic heterocycles. The zero-order valence-electron chi connectivity index (χ0n) is 5.26. The molecule has 0 aromatic rings. The van der Waals surface area contributed by atoms with E-state index < -0.39 is 10.8 Å². The van der Waals surface area contributed by atoms with Gasteiger partial charge >= 0.3 is 0 Å². The first-order valence-electron chi connectivity index (χ1n) is 2.65. The van der Waals surface area contributed by atoms with Gasteiger partial charge in [-0.25, -0.2) is 0 Å². The number of hydrogen-bond donors (Lipinski definition) is 1. The second-order valence-corrected chi connectivity index (χ2v) is 3.28. The van der Waals surface area contributed by atoms with Crippen LogP contribution < -0.4 is 0 Å². The van der Waals surface area contributed by atoms with E-state index in [0.717, 1.165) is 0 Å². The first-order chi connectivity index (χ1) is 3.66. The van der Waals surface area contributed by atoms with E-state index in [0.29, 0.717) is 12.2 Å². The number of hydrogen-bond acceptors (Lipinski definition) is 2. The van der Waals surface area contributed by atoms with Crippen LogP contribution in [0.5, 0.6) is 0 Å². The predicted molar refractivity (Wildman–Crippen MR) is 35.2 cm³/mol. The van der Waals surface area contributed by atoms with Crippen molar-refractivity contribution in [2.45, 2.75) is 19.4 Å². The molecule has 2 atom stereocenters. The van der Waals surface area contributed by atoms with Crippen molar-refractivity contribution in [2.24, 2.45) is 0 Å². The molecule has 0 aliphatic rings. The Balaban J connectivity index is 3.24. The van der Waals surface area contributed by atoms with Crippen molar-refractivity contribution in [3.8, 4) is 0 Å². The molecule has 8 heavy (non-hydrogen) atoms. The molecule has 2 unspecified atom stereocenters. The highest BCUT2D eigenvalue weighted by Gasteiger charge is 2.00. The summed E-state index contributed by atoms with van der Waals surface area (Å²) in [6, 6.07) is 0. The summed E-state index contributed by atoms with van der Waals surface area (Å²) in [5.74, 6) is 0.413. The van der Waals surface area contributed by atoms with Crippen LogP contribution in [0.1, 0.15) is 13.3 Å². The molecule has 0 heterocycles. The van der Waals surface area contributed by atoms with Gasteiger partial charge in [0.15, 0.2) is 0 Å². The van der Waals surface area contributed by atoms with E-state index in [1.54, 1.807) is 6.26 Å². The van der Waals surface area contributed by atoms with Gasteiger partial charge in [0.25, 0.3) is 0 Å². The van der Waals surface area contributed by atoms with E-state index in [2.05, 4.69) is 0 Å². The Morgan fingerprint density at radius 3 is 2.38 bits per heavy atom. The van der Waals surface area contributed by atoms with Crippen molar-refractivity contribution in [2.75, 3.05) is 12.0 Å². The summed E-state index contributed by atoms with van der Waals surface area (Å²) >= 11 is 0. The zero-order valence-corrected chi connectivity index (χ0v) is 6.07. The van der Waals surface area contributed by atoms with Crippen LogP contribution in [0.15, 0.2) is 0 Å². The standard InChI is InChI=1S/C5H12O2S/c1-3-5(6)4-8(2)7/h5-6H,3-4H2,1-2H3. The minimum absolute atomic E-state index is 0.374. The van der Waals surface area contributed by atoms with Gasteiger partial charge in [-0.3, -0.25) is 4.21 Å². The molecule has 3 heteroatoms. The third-order valence-corrected chi connectivity index (χ3v) is 1.75. The number of aliphatic hydroxyl groups excluding tert-OH is 1. The summed E-state index contributed by atoms with van der Waals surface area (Å²) in [6.45, 7) is 1.87. The van der Waals surface area contributed by atoms with E-state index in [4.69, 9.17) is 5.11 Å². The van der Waals surface area contributed by atoms with Crippen LogP contribution in [0.3, 0.4) is 0 Å². The SMILES string of the molecule is CCC(O)CS(C)=O. The Morgan fingerprint density at radius 1 is 1.75 bits per heavy atom. The molecular weight excluding hydrogens is 124 g/mol. The van der Waals surface area contributed by atoms with Gasteiger partial charge in [-0.05, 0) is 6.42 Å². The summed E-state index contributed by atoms with van der Waals surface area (Å²) in [5.41, 5.74) is 0. The predicted octanol–water partition coefficient (Wildman–Crippen LogP) is 0.136. The fourth-order valence-corrected chi connectivity index (χ4v) is 1.17.